The van der Waals surface area contributed by atoms with Gasteiger partial charge in [0.05, 0.1) is 5.02 Å². The summed E-state index contributed by atoms with van der Waals surface area (Å²) in [6.07, 6.45) is 0. The summed E-state index contributed by atoms with van der Waals surface area (Å²) in [5.74, 6) is 0.314. The summed E-state index contributed by atoms with van der Waals surface area (Å²) in [5.41, 5.74) is 1.91. The second-order valence-corrected chi connectivity index (χ2v) is 6.30. The molecule has 0 saturated carbocycles. The molecule has 0 bridgehead atoms. The molecule has 0 saturated heterocycles. The molecule has 2 aromatic heterocycles. The van der Waals surface area contributed by atoms with Gasteiger partial charge in [0.25, 0.3) is 5.89 Å². The molecule has 140 valence electrons. The van der Waals surface area contributed by atoms with Gasteiger partial charge in [-0.1, -0.05) is 70.4 Å². The summed E-state index contributed by atoms with van der Waals surface area (Å²) in [4.78, 5) is 16.9. The molecule has 0 unspecified atom stereocenters. The van der Waals surface area contributed by atoms with E-state index in [0.717, 1.165) is 5.56 Å². The Morgan fingerprint density at radius 1 is 1.04 bits per heavy atom. The number of hydrogen-bond donors (Lipinski definition) is 0. The predicted octanol–water partition coefficient (Wildman–Crippen LogP) is 4.71. The van der Waals surface area contributed by atoms with Gasteiger partial charge in [0.15, 0.2) is 6.61 Å². The number of carbonyl (C=O) groups excluding carboxylic acids is 1. The van der Waals surface area contributed by atoms with Crippen LogP contribution in [-0.2, 0) is 11.3 Å². The highest BCUT2D eigenvalue weighted by Crippen LogP contribution is 2.31. The van der Waals surface area contributed by atoms with E-state index in [1.165, 1.54) is 0 Å². The van der Waals surface area contributed by atoms with E-state index in [-0.39, 0.29) is 18.1 Å². The van der Waals surface area contributed by atoms with Gasteiger partial charge in [0, 0.05) is 11.1 Å². The molecule has 4 rings (SSSR count). The van der Waals surface area contributed by atoms with Gasteiger partial charge in [-0.2, -0.15) is 4.98 Å². The van der Waals surface area contributed by atoms with Crippen LogP contribution in [0.4, 0.5) is 0 Å². The maximum Gasteiger partial charge on any atom is 0.344 e. The number of benzene rings is 2. The van der Waals surface area contributed by atoms with Gasteiger partial charge in [-0.25, -0.2) is 4.79 Å². The fourth-order valence-electron chi connectivity index (χ4n) is 2.67. The number of rotatable bonds is 5. The maximum absolute atomic E-state index is 12.6. The number of halogens is 1. The first-order chi connectivity index (χ1) is 13.6. The molecule has 0 amide bonds. The predicted molar refractivity (Wildman–Crippen MR) is 101 cm³/mol. The Hall–Kier alpha value is -3.45. The van der Waals surface area contributed by atoms with Crippen molar-refractivity contribution < 1.29 is 18.6 Å². The normalized spacial score (nSPS) is 10.8. The van der Waals surface area contributed by atoms with Crippen LogP contribution in [0.5, 0.6) is 0 Å². The Labute approximate surface area is 164 Å². The van der Waals surface area contributed by atoms with Crippen LogP contribution >= 0.6 is 11.6 Å². The number of esters is 1. The first kappa shape index (κ1) is 17.9. The van der Waals surface area contributed by atoms with Crippen molar-refractivity contribution in [1.29, 1.82) is 0 Å². The molecular weight excluding hydrogens is 382 g/mol. The third-order valence-electron chi connectivity index (χ3n) is 4.02. The lowest BCUT2D eigenvalue weighted by atomic mass is 10.1. The smallest absolute Gasteiger partial charge is 0.344 e. The molecule has 0 aliphatic heterocycles. The van der Waals surface area contributed by atoms with Gasteiger partial charge in [-0.05, 0) is 13.0 Å². The molecule has 0 aliphatic rings. The minimum absolute atomic E-state index is 0.175. The van der Waals surface area contributed by atoms with Gasteiger partial charge in [-0.15, -0.1) is 0 Å². The Morgan fingerprint density at radius 2 is 1.79 bits per heavy atom. The highest BCUT2D eigenvalue weighted by Gasteiger charge is 2.25. The van der Waals surface area contributed by atoms with Crippen molar-refractivity contribution in [3.05, 3.63) is 76.8 Å². The number of carbonyl (C=O) groups is 1. The standard InChI is InChI=1S/C20H14ClN3O4/c1-12-17(18(23-27-12)14-9-5-6-10-15(14)21)20(25)26-11-16-22-19(24-28-16)13-7-3-2-4-8-13/h2-10H,11H2,1H3. The van der Waals surface area contributed by atoms with Crippen LogP contribution in [0, 0.1) is 6.92 Å². The number of aromatic nitrogens is 3. The number of hydrogen-bond acceptors (Lipinski definition) is 7. The molecule has 0 spiro atoms. The highest BCUT2D eigenvalue weighted by molar-refractivity contribution is 6.33. The van der Waals surface area contributed by atoms with Crippen LogP contribution in [0.25, 0.3) is 22.6 Å². The van der Waals surface area contributed by atoms with E-state index in [9.17, 15) is 4.79 Å². The van der Waals surface area contributed by atoms with Crippen molar-refractivity contribution in [2.75, 3.05) is 0 Å². The molecule has 0 N–H and O–H groups in total. The minimum atomic E-state index is -0.617. The largest absolute Gasteiger partial charge is 0.452 e. The molecule has 0 aliphatic carbocycles. The van der Waals surface area contributed by atoms with Crippen molar-refractivity contribution in [2.24, 2.45) is 0 Å². The molecule has 4 aromatic rings. The Bertz CT molecular complexity index is 1120. The van der Waals surface area contributed by atoms with Crippen LogP contribution in [0.2, 0.25) is 5.02 Å². The van der Waals surface area contributed by atoms with Gasteiger partial charge < -0.3 is 13.8 Å². The third-order valence-corrected chi connectivity index (χ3v) is 4.35. The second-order valence-electron chi connectivity index (χ2n) is 5.90. The Morgan fingerprint density at radius 3 is 2.57 bits per heavy atom. The lowest BCUT2D eigenvalue weighted by Crippen LogP contribution is -2.07. The minimum Gasteiger partial charge on any atom is -0.452 e. The van der Waals surface area contributed by atoms with E-state index >= 15 is 0 Å². The van der Waals surface area contributed by atoms with Crippen LogP contribution in [0.15, 0.2) is 63.6 Å². The quantitative estimate of drug-likeness (QED) is 0.452. The van der Waals surface area contributed by atoms with Crippen LogP contribution in [0.1, 0.15) is 22.0 Å². The number of aryl methyl sites for hydroxylation is 1. The average Bonchev–Trinajstić information content (AvgIpc) is 3.34. The van der Waals surface area contributed by atoms with Gasteiger partial charge in [0.1, 0.15) is 17.0 Å². The molecule has 0 atom stereocenters. The van der Waals surface area contributed by atoms with E-state index in [1.54, 1.807) is 31.2 Å². The van der Waals surface area contributed by atoms with Gasteiger partial charge in [0.2, 0.25) is 5.82 Å². The Balaban J connectivity index is 1.52. The lowest BCUT2D eigenvalue weighted by Gasteiger charge is -2.04. The van der Waals surface area contributed by atoms with E-state index in [0.29, 0.717) is 27.9 Å². The van der Waals surface area contributed by atoms with E-state index in [4.69, 9.17) is 25.4 Å². The van der Waals surface area contributed by atoms with Gasteiger partial charge >= 0.3 is 5.97 Å². The molecule has 0 radical (unpaired) electrons. The summed E-state index contributed by atoms with van der Waals surface area (Å²) >= 11 is 6.21. The maximum atomic E-state index is 12.6. The topological polar surface area (TPSA) is 91.2 Å². The van der Waals surface area contributed by atoms with Crippen LogP contribution in [0.3, 0.4) is 0 Å². The summed E-state index contributed by atoms with van der Waals surface area (Å²) in [5, 5.41) is 8.30. The van der Waals surface area contributed by atoms with E-state index < -0.39 is 5.97 Å². The molecule has 8 heteroatoms. The van der Waals surface area contributed by atoms with Gasteiger partial charge in [-0.3, -0.25) is 0 Å². The highest BCUT2D eigenvalue weighted by atomic mass is 35.5. The zero-order valence-corrected chi connectivity index (χ0v) is 15.5. The molecular formula is C20H14ClN3O4. The monoisotopic (exact) mass is 395 g/mol. The molecule has 0 fully saturated rings. The number of nitrogens with zero attached hydrogens (tertiary/aromatic N) is 3. The molecule has 2 heterocycles. The average molecular weight is 396 g/mol. The van der Waals surface area contributed by atoms with Crippen molar-refractivity contribution >= 4 is 17.6 Å². The summed E-state index contributed by atoms with van der Waals surface area (Å²) < 4.78 is 15.7. The van der Waals surface area contributed by atoms with E-state index in [2.05, 4.69) is 15.3 Å². The van der Waals surface area contributed by atoms with E-state index in [1.807, 2.05) is 30.3 Å². The van der Waals surface area contributed by atoms with Crippen molar-refractivity contribution in [3.8, 4) is 22.6 Å². The first-order valence-corrected chi connectivity index (χ1v) is 8.77. The summed E-state index contributed by atoms with van der Waals surface area (Å²) in [6.45, 7) is 1.45. The number of ether oxygens (including phenoxy) is 1. The van der Waals surface area contributed by atoms with Crippen molar-refractivity contribution in [1.82, 2.24) is 15.3 Å². The van der Waals surface area contributed by atoms with Crippen LogP contribution in [-0.4, -0.2) is 21.3 Å². The molecule has 2 aromatic carbocycles. The van der Waals surface area contributed by atoms with Crippen molar-refractivity contribution in [3.63, 3.8) is 0 Å². The molecule has 7 nitrogen and oxygen atoms in total. The van der Waals surface area contributed by atoms with Crippen molar-refractivity contribution in [2.45, 2.75) is 13.5 Å². The summed E-state index contributed by atoms with van der Waals surface area (Å²) in [6, 6.07) is 16.4. The lowest BCUT2D eigenvalue weighted by molar-refractivity contribution is 0.0428. The molecule has 28 heavy (non-hydrogen) atoms. The zero-order valence-electron chi connectivity index (χ0n) is 14.8. The summed E-state index contributed by atoms with van der Waals surface area (Å²) in [7, 11) is 0. The fraction of sp³-hybridized carbons (Fsp3) is 0.100. The third kappa shape index (κ3) is 3.52. The van der Waals surface area contributed by atoms with Crippen LogP contribution < -0.4 is 0 Å². The fourth-order valence-corrected chi connectivity index (χ4v) is 2.89. The second kappa shape index (κ2) is 7.66. The zero-order chi connectivity index (χ0) is 19.5. The SMILES string of the molecule is Cc1onc(-c2ccccc2Cl)c1C(=O)OCc1nc(-c2ccccc2)no1. The Kier molecular flexibility index (Phi) is 4.90. The first-order valence-electron chi connectivity index (χ1n) is 8.40.